The summed E-state index contributed by atoms with van der Waals surface area (Å²) in [5.41, 5.74) is 1.80. The number of benzene rings is 1. The Hall–Kier alpha value is -2.41. The minimum atomic E-state index is -0.444. The predicted molar refractivity (Wildman–Crippen MR) is 82.6 cm³/mol. The number of ether oxygens (including phenoxy) is 1. The molecular weight excluding hydrogens is 352 g/mol. The number of imide groups is 1. The molecule has 0 radical (unpaired) electrons. The number of amides is 2. The fourth-order valence-electron chi connectivity index (χ4n) is 2.44. The normalized spacial score (nSPS) is 15.8. The van der Waals surface area contributed by atoms with Crippen molar-refractivity contribution >= 4 is 44.8 Å². The minimum absolute atomic E-state index is 0.266. The van der Waals surface area contributed by atoms with E-state index in [1.165, 1.54) is 20.3 Å². The van der Waals surface area contributed by atoms with Gasteiger partial charge in [-0.25, -0.2) is 4.90 Å². The molecule has 1 aliphatic heterocycles. The highest BCUT2D eigenvalue weighted by atomic mass is 79.9. The maximum absolute atomic E-state index is 12.7. The fourth-order valence-corrected chi connectivity index (χ4v) is 2.80. The zero-order chi connectivity index (χ0) is 15.9. The summed E-state index contributed by atoms with van der Waals surface area (Å²) < 4.78 is 11.0. The monoisotopic (exact) mass is 362 g/mol. The summed E-state index contributed by atoms with van der Waals surface area (Å²) in [6.07, 6.45) is 1.39. The van der Waals surface area contributed by atoms with E-state index in [1.807, 2.05) is 0 Å². The van der Waals surface area contributed by atoms with Crippen molar-refractivity contribution in [1.29, 1.82) is 0 Å². The van der Waals surface area contributed by atoms with E-state index in [1.54, 1.807) is 24.3 Å². The van der Waals surface area contributed by atoms with E-state index in [2.05, 4.69) is 21.1 Å². The maximum atomic E-state index is 12.7. The summed E-state index contributed by atoms with van der Waals surface area (Å²) in [7, 11) is 1.44. The lowest BCUT2D eigenvalue weighted by atomic mass is 10.0. The molecule has 0 N–H and O–H groups in total. The molecule has 1 aromatic heterocycles. The van der Waals surface area contributed by atoms with Crippen molar-refractivity contribution < 1.29 is 18.8 Å². The standard InChI is InChI=1S/C15H11BrN2O4/c1-8(19)18-12-4-3-9(16)7-10(12)13(15(18)20)14(21-2)11-5-6-22-17-11/h3-7H,1-2H3/b14-13-. The molecule has 0 saturated heterocycles. The molecule has 3 rings (SSSR count). The average molecular weight is 363 g/mol. The maximum Gasteiger partial charge on any atom is 0.269 e. The molecule has 7 heteroatoms. The zero-order valence-corrected chi connectivity index (χ0v) is 13.4. The summed E-state index contributed by atoms with van der Waals surface area (Å²) in [4.78, 5) is 25.7. The minimum Gasteiger partial charge on any atom is -0.493 e. The number of methoxy groups -OCH3 is 1. The number of carbonyl (C=O) groups excluding carboxylic acids is 2. The molecule has 0 unspecified atom stereocenters. The van der Waals surface area contributed by atoms with Gasteiger partial charge in [0.2, 0.25) is 5.91 Å². The SMILES string of the molecule is CO/C(=C1\C(=O)N(C(C)=O)c2ccc(Br)cc21)c1ccon1. The number of rotatable bonds is 2. The largest absolute Gasteiger partial charge is 0.493 e. The van der Waals surface area contributed by atoms with E-state index >= 15 is 0 Å². The van der Waals surface area contributed by atoms with Crippen molar-refractivity contribution in [2.75, 3.05) is 12.0 Å². The second-order valence-electron chi connectivity index (χ2n) is 4.61. The summed E-state index contributed by atoms with van der Waals surface area (Å²) in [5.74, 6) is -0.540. The number of nitrogens with zero attached hydrogens (tertiary/aromatic N) is 2. The number of halogens is 1. The van der Waals surface area contributed by atoms with Crippen molar-refractivity contribution in [2.24, 2.45) is 0 Å². The lowest BCUT2D eigenvalue weighted by Gasteiger charge is -2.12. The van der Waals surface area contributed by atoms with Crippen LogP contribution in [0.3, 0.4) is 0 Å². The number of anilines is 1. The second kappa shape index (κ2) is 5.42. The van der Waals surface area contributed by atoms with E-state index in [0.717, 1.165) is 9.37 Å². The van der Waals surface area contributed by atoms with Gasteiger partial charge < -0.3 is 9.26 Å². The third kappa shape index (κ3) is 2.14. The van der Waals surface area contributed by atoms with Crippen LogP contribution in [-0.2, 0) is 14.3 Å². The van der Waals surface area contributed by atoms with Crippen LogP contribution in [0.5, 0.6) is 0 Å². The van der Waals surface area contributed by atoms with Crippen molar-refractivity contribution in [3.05, 3.63) is 46.3 Å². The number of carbonyl (C=O) groups is 2. The van der Waals surface area contributed by atoms with Gasteiger partial charge in [-0.2, -0.15) is 0 Å². The lowest BCUT2D eigenvalue weighted by molar-refractivity contribution is -0.122. The highest BCUT2D eigenvalue weighted by Gasteiger charge is 2.38. The van der Waals surface area contributed by atoms with Gasteiger partial charge in [-0.15, -0.1) is 0 Å². The average Bonchev–Trinajstić information content (AvgIpc) is 3.08. The van der Waals surface area contributed by atoms with E-state index in [4.69, 9.17) is 9.26 Å². The Labute approximate surface area is 134 Å². The van der Waals surface area contributed by atoms with Crippen LogP contribution >= 0.6 is 15.9 Å². The van der Waals surface area contributed by atoms with Gasteiger partial charge in [0.25, 0.3) is 5.91 Å². The lowest BCUT2D eigenvalue weighted by Crippen LogP contribution is -2.31. The van der Waals surface area contributed by atoms with E-state index < -0.39 is 5.91 Å². The van der Waals surface area contributed by atoms with Gasteiger partial charge in [-0.3, -0.25) is 9.59 Å². The Bertz CT molecular complexity index is 796. The molecule has 6 nitrogen and oxygen atoms in total. The number of aromatic nitrogens is 1. The Morgan fingerprint density at radius 2 is 2.14 bits per heavy atom. The quantitative estimate of drug-likeness (QED) is 0.606. The molecular formula is C15H11BrN2O4. The molecule has 0 saturated carbocycles. The summed E-state index contributed by atoms with van der Waals surface area (Å²) in [6.45, 7) is 1.34. The first-order chi connectivity index (χ1) is 10.5. The first-order valence-electron chi connectivity index (χ1n) is 6.38. The molecule has 112 valence electrons. The Morgan fingerprint density at radius 3 is 2.73 bits per heavy atom. The van der Waals surface area contributed by atoms with E-state index in [0.29, 0.717) is 16.9 Å². The van der Waals surface area contributed by atoms with E-state index in [-0.39, 0.29) is 17.2 Å². The fraction of sp³-hybridized carbons (Fsp3) is 0.133. The van der Waals surface area contributed by atoms with Crippen molar-refractivity contribution in [1.82, 2.24) is 5.16 Å². The highest BCUT2D eigenvalue weighted by molar-refractivity contribution is 9.10. The number of hydrogen-bond acceptors (Lipinski definition) is 5. The summed E-state index contributed by atoms with van der Waals surface area (Å²) in [6, 6.07) is 6.84. The molecule has 1 aromatic carbocycles. The molecule has 2 aromatic rings. The van der Waals surface area contributed by atoms with Crippen LogP contribution in [0.25, 0.3) is 11.3 Å². The molecule has 0 aliphatic carbocycles. The van der Waals surface area contributed by atoms with Gasteiger partial charge in [-0.05, 0) is 18.2 Å². The Kier molecular flexibility index (Phi) is 3.58. The highest BCUT2D eigenvalue weighted by Crippen LogP contribution is 2.42. The third-order valence-corrected chi connectivity index (χ3v) is 3.80. The van der Waals surface area contributed by atoms with Crippen LogP contribution < -0.4 is 4.90 Å². The molecule has 0 fully saturated rings. The van der Waals surface area contributed by atoms with Gasteiger partial charge in [0, 0.05) is 23.0 Å². The topological polar surface area (TPSA) is 72.6 Å². The Balaban J connectivity index is 2.31. The van der Waals surface area contributed by atoms with Crippen LogP contribution in [0.2, 0.25) is 0 Å². The van der Waals surface area contributed by atoms with Crippen LogP contribution in [0.4, 0.5) is 5.69 Å². The second-order valence-corrected chi connectivity index (χ2v) is 5.53. The third-order valence-electron chi connectivity index (χ3n) is 3.30. The van der Waals surface area contributed by atoms with Gasteiger partial charge in [0.1, 0.15) is 12.0 Å². The molecule has 0 spiro atoms. The van der Waals surface area contributed by atoms with Crippen molar-refractivity contribution in [3.63, 3.8) is 0 Å². The van der Waals surface area contributed by atoms with Crippen LogP contribution in [-0.4, -0.2) is 24.1 Å². The zero-order valence-electron chi connectivity index (χ0n) is 11.8. The van der Waals surface area contributed by atoms with Crippen LogP contribution in [0, 0.1) is 0 Å². The molecule has 0 atom stereocenters. The number of fused-ring (bicyclic) bond motifs is 1. The van der Waals surface area contributed by atoms with Gasteiger partial charge >= 0.3 is 0 Å². The van der Waals surface area contributed by atoms with Gasteiger partial charge in [0.15, 0.2) is 5.76 Å². The van der Waals surface area contributed by atoms with Crippen molar-refractivity contribution in [3.8, 4) is 0 Å². The molecule has 0 bridgehead atoms. The number of hydrogen-bond donors (Lipinski definition) is 0. The molecule has 22 heavy (non-hydrogen) atoms. The van der Waals surface area contributed by atoms with E-state index in [9.17, 15) is 9.59 Å². The van der Waals surface area contributed by atoms with Gasteiger partial charge in [-0.1, -0.05) is 21.1 Å². The Morgan fingerprint density at radius 1 is 1.36 bits per heavy atom. The molecule has 2 amide bonds. The predicted octanol–water partition coefficient (Wildman–Crippen LogP) is 2.84. The summed E-state index contributed by atoms with van der Waals surface area (Å²) >= 11 is 3.38. The van der Waals surface area contributed by atoms with Crippen LogP contribution in [0.1, 0.15) is 18.2 Å². The van der Waals surface area contributed by atoms with Crippen molar-refractivity contribution in [2.45, 2.75) is 6.92 Å². The smallest absolute Gasteiger partial charge is 0.269 e. The van der Waals surface area contributed by atoms with Gasteiger partial charge in [0.05, 0.1) is 18.4 Å². The first-order valence-corrected chi connectivity index (χ1v) is 7.18. The first kappa shape index (κ1) is 14.5. The summed E-state index contributed by atoms with van der Waals surface area (Å²) in [5, 5.41) is 3.81. The molecule has 1 aliphatic rings. The van der Waals surface area contributed by atoms with Crippen LogP contribution in [0.15, 0.2) is 39.5 Å². The molecule has 2 heterocycles.